The Morgan fingerprint density at radius 2 is 1.96 bits per heavy atom. The van der Waals surface area contributed by atoms with E-state index in [1.807, 2.05) is 0 Å². The number of urea groups is 1. The fourth-order valence-corrected chi connectivity index (χ4v) is 2.27. The summed E-state index contributed by atoms with van der Waals surface area (Å²) in [6, 6.07) is 3.39. The van der Waals surface area contributed by atoms with Gasteiger partial charge in [0.25, 0.3) is 0 Å². The van der Waals surface area contributed by atoms with E-state index in [0.29, 0.717) is 5.03 Å². The highest BCUT2D eigenvalue weighted by Crippen LogP contribution is 2.30. The number of hydrogen-bond donors (Lipinski definition) is 5. The Bertz CT molecular complexity index is 785. The molecule has 0 aliphatic rings. The van der Waals surface area contributed by atoms with E-state index in [1.54, 1.807) is 6.26 Å². The maximum absolute atomic E-state index is 12.6. The van der Waals surface area contributed by atoms with Crippen molar-refractivity contribution in [2.45, 2.75) is 11.2 Å². The number of amides is 2. The molecule has 2 amide bonds. The zero-order valence-corrected chi connectivity index (χ0v) is 13.6. The highest BCUT2D eigenvalue weighted by atomic mass is 32.2. The molecule has 2 aromatic rings. The number of nitrogens with zero attached hydrogens (tertiary/aromatic N) is 2. The van der Waals surface area contributed by atoms with Crippen molar-refractivity contribution in [3.63, 3.8) is 0 Å². The summed E-state index contributed by atoms with van der Waals surface area (Å²) >= 11 is 1.23. The van der Waals surface area contributed by atoms with Crippen molar-refractivity contribution in [3.05, 3.63) is 29.8 Å². The van der Waals surface area contributed by atoms with E-state index in [0.717, 1.165) is 12.1 Å². The first-order valence-electron chi connectivity index (χ1n) is 6.68. The van der Waals surface area contributed by atoms with E-state index in [9.17, 15) is 18.0 Å². The van der Waals surface area contributed by atoms with Crippen LogP contribution in [-0.4, -0.2) is 22.3 Å². The molecule has 134 valence electrons. The van der Waals surface area contributed by atoms with E-state index in [-0.39, 0.29) is 23.1 Å². The Hall–Kier alpha value is -2.89. The lowest BCUT2D eigenvalue weighted by Crippen LogP contribution is -2.34. The summed E-state index contributed by atoms with van der Waals surface area (Å²) in [4.78, 5) is 19.6. The number of nitrogens with one attached hydrogen (secondary N) is 3. The van der Waals surface area contributed by atoms with Gasteiger partial charge in [-0.25, -0.2) is 15.2 Å². The van der Waals surface area contributed by atoms with E-state index in [1.165, 1.54) is 23.9 Å². The van der Waals surface area contributed by atoms with E-state index in [2.05, 4.69) is 26.1 Å². The standard InChI is InChI=1S/C13H14F3N7OS/c1-25-10-8(17)9(20-11(18)21-10)22-23-12(24)19-7-4-2-3-6(5-7)13(14,15)16/h2-5H,17H2,1H3,(H2,19,23,24)(H3,18,20,21,22). The van der Waals surface area contributed by atoms with Gasteiger partial charge in [0.1, 0.15) is 10.7 Å². The van der Waals surface area contributed by atoms with Crippen molar-refractivity contribution in [3.8, 4) is 0 Å². The van der Waals surface area contributed by atoms with E-state index < -0.39 is 17.8 Å². The van der Waals surface area contributed by atoms with Crippen LogP contribution >= 0.6 is 11.8 Å². The maximum atomic E-state index is 12.6. The molecule has 12 heteroatoms. The number of thioether (sulfide) groups is 1. The first-order valence-corrected chi connectivity index (χ1v) is 7.90. The van der Waals surface area contributed by atoms with Crippen molar-refractivity contribution < 1.29 is 18.0 Å². The van der Waals surface area contributed by atoms with Crippen LogP contribution in [0.4, 0.5) is 41.1 Å². The van der Waals surface area contributed by atoms with Gasteiger partial charge >= 0.3 is 12.2 Å². The van der Waals surface area contributed by atoms with Crippen LogP contribution in [0.2, 0.25) is 0 Å². The highest BCUT2D eigenvalue weighted by Gasteiger charge is 2.30. The normalized spacial score (nSPS) is 11.0. The van der Waals surface area contributed by atoms with E-state index >= 15 is 0 Å². The molecule has 8 nitrogen and oxygen atoms in total. The minimum Gasteiger partial charge on any atom is -0.393 e. The number of halogens is 3. The van der Waals surface area contributed by atoms with E-state index in [4.69, 9.17) is 11.5 Å². The molecule has 25 heavy (non-hydrogen) atoms. The molecule has 1 heterocycles. The topological polar surface area (TPSA) is 131 Å². The lowest BCUT2D eigenvalue weighted by molar-refractivity contribution is -0.137. The quantitative estimate of drug-likeness (QED) is 0.316. The summed E-state index contributed by atoms with van der Waals surface area (Å²) in [5, 5.41) is 2.67. The second kappa shape index (κ2) is 7.34. The molecule has 0 unspecified atom stereocenters. The van der Waals surface area contributed by atoms with Crippen LogP contribution in [0, 0.1) is 0 Å². The Morgan fingerprint density at radius 1 is 1.24 bits per heavy atom. The summed E-state index contributed by atoms with van der Waals surface area (Å²) in [6.07, 6.45) is -2.77. The largest absolute Gasteiger partial charge is 0.416 e. The van der Waals surface area contributed by atoms with Crippen LogP contribution in [0.15, 0.2) is 29.3 Å². The first-order chi connectivity index (χ1) is 11.7. The molecular weight excluding hydrogens is 359 g/mol. The average molecular weight is 373 g/mol. The van der Waals surface area contributed by atoms with Crippen molar-refractivity contribution in [2.75, 3.05) is 28.5 Å². The molecule has 1 aromatic heterocycles. The number of hydrazine groups is 1. The summed E-state index contributed by atoms with van der Waals surface area (Å²) in [7, 11) is 0. The van der Waals surface area contributed by atoms with Gasteiger partial charge in [-0.2, -0.15) is 18.2 Å². The Balaban J connectivity index is 2.04. The summed E-state index contributed by atoms with van der Waals surface area (Å²) < 4.78 is 37.9. The third-order valence-corrected chi connectivity index (χ3v) is 3.56. The van der Waals surface area contributed by atoms with Crippen LogP contribution in [-0.2, 0) is 6.18 Å². The van der Waals surface area contributed by atoms with Crippen molar-refractivity contribution in [1.82, 2.24) is 15.4 Å². The number of carbonyl (C=O) groups excluding carboxylic acids is 1. The number of alkyl halides is 3. The monoisotopic (exact) mass is 373 g/mol. The van der Waals surface area contributed by atoms with Crippen LogP contribution in [0.1, 0.15) is 5.56 Å². The van der Waals surface area contributed by atoms with Crippen molar-refractivity contribution >= 4 is 40.9 Å². The molecule has 0 spiro atoms. The van der Waals surface area contributed by atoms with Gasteiger partial charge in [-0.05, 0) is 24.5 Å². The van der Waals surface area contributed by atoms with Gasteiger partial charge in [-0.15, -0.1) is 11.8 Å². The second-order valence-corrected chi connectivity index (χ2v) is 5.43. The minimum atomic E-state index is -4.51. The summed E-state index contributed by atoms with van der Waals surface area (Å²) in [6.45, 7) is 0. The van der Waals surface area contributed by atoms with Gasteiger partial charge in [-0.1, -0.05) is 6.07 Å². The predicted octanol–water partition coefficient (Wildman–Crippen LogP) is 2.53. The third kappa shape index (κ3) is 4.79. The number of rotatable bonds is 4. The molecule has 1 aromatic carbocycles. The SMILES string of the molecule is CSc1nc(N)nc(NNC(=O)Nc2cccc(C(F)(F)F)c2)c1N. The van der Waals surface area contributed by atoms with Crippen LogP contribution in [0.5, 0.6) is 0 Å². The number of carbonyl (C=O) groups is 1. The highest BCUT2D eigenvalue weighted by molar-refractivity contribution is 7.98. The first kappa shape index (κ1) is 18.4. The number of anilines is 4. The number of nitrogen functional groups attached to an aromatic ring is 2. The van der Waals surface area contributed by atoms with Gasteiger partial charge in [0.05, 0.1) is 5.56 Å². The molecule has 0 bridgehead atoms. The fraction of sp³-hybridized carbons (Fsp3) is 0.154. The summed E-state index contributed by atoms with van der Waals surface area (Å²) in [5.41, 5.74) is 15.2. The number of aromatic nitrogens is 2. The lowest BCUT2D eigenvalue weighted by Gasteiger charge is -2.13. The molecular formula is C13H14F3N7OS. The molecule has 0 saturated heterocycles. The van der Waals surface area contributed by atoms with Crippen molar-refractivity contribution in [1.29, 1.82) is 0 Å². The second-order valence-electron chi connectivity index (χ2n) is 4.64. The van der Waals surface area contributed by atoms with Gasteiger partial charge in [0.15, 0.2) is 5.82 Å². The molecule has 0 saturated carbocycles. The van der Waals surface area contributed by atoms with Crippen LogP contribution in [0.3, 0.4) is 0 Å². The summed E-state index contributed by atoms with van der Waals surface area (Å²) in [5.74, 6) is 0.0113. The van der Waals surface area contributed by atoms with Gasteiger partial charge in [0.2, 0.25) is 5.95 Å². The minimum absolute atomic E-state index is 0.0332. The lowest BCUT2D eigenvalue weighted by atomic mass is 10.2. The number of nitrogens with two attached hydrogens (primary N) is 2. The number of benzene rings is 1. The average Bonchev–Trinajstić information content (AvgIpc) is 2.54. The molecule has 0 fully saturated rings. The smallest absolute Gasteiger partial charge is 0.393 e. The Labute approximate surface area is 144 Å². The van der Waals surface area contributed by atoms with Gasteiger partial charge < -0.3 is 16.8 Å². The van der Waals surface area contributed by atoms with Gasteiger partial charge in [-0.3, -0.25) is 5.43 Å². The Morgan fingerprint density at radius 3 is 2.60 bits per heavy atom. The Kier molecular flexibility index (Phi) is 5.41. The van der Waals surface area contributed by atoms with Crippen LogP contribution < -0.4 is 27.6 Å². The molecule has 0 aliphatic carbocycles. The molecule has 0 atom stereocenters. The predicted molar refractivity (Wildman–Crippen MR) is 89.9 cm³/mol. The molecule has 0 radical (unpaired) electrons. The zero-order chi connectivity index (χ0) is 18.6. The van der Waals surface area contributed by atoms with Crippen LogP contribution in [0.25, 0.3) is 0 Å². The van der Waals surface area contributed by atoms with Gasteiger partial charge in [0, 0.05) is 5.69 Å². The van der Waals surface area contributed by atoms with Crippen molar-refractivity contribution in [2.24, 2.45) is 0 Å². The zero-order valence-electron chi connectivity index (χ0n) is 12.8. The molecule has 7 N–H and O–H groups in total. The fourth-order valence-electron chi connectivity index (χ4n) is 1.77. The number of hydrogen-bond acceptors (Lipinski definition) is 7. The molecule has 2 rings (SSSR count). The molecule has 0 aliphatic heterocycles. The third-order valence-electron chi connectivity index (χ3n) is 2.86. The maximum Gasteiger partial charge on any atom is 0.416 e.